The molecule has 5 amide bonds. The predicted octanol–water partition coefficient (Wildman–Crippen LogP) is 3.58. The summed E-state index contributed by atoms with van der Waals surface area (Å²) in [5, 5.41) is 11.8. The minimum Gasteiger partial charge on any atom is -0.335 e. The Morgan fingerprint density at radius 2 is 1.53 bits per heavy atom. The fraction of sp³-hybridized carbons (Fsp3) is 0.591. The zero-order valence-electron chi connectivity index (χ0n) is 17.9. The van der Waals surface area contributed by atoms with Crippen molar-refractivity contribution in [2.75, 3.05) is 23.7 Å². The lowest BCUT2D eigenvalue weighted by atomic mass is 9.96. The Labute approximate surface area is 178 Å². The first-order chi connectivity index (χ1) is 14.4. The van der Waals surface area contributed by atoms with Gasteiger partial charge in [-0.25, -0.2) is 9.59 Å². The van der Waals surface area contributed by atoms with Crippen LogP contribution in [-0.2, 0) is 4.79 Å². The van der Waals surface area contributed by atoms with E-state index in [0.717, 1.165) is 31.2 Å². The second-order valence-electron chi connectivity index (χ2n) is 8.36. The fourth-order valence-corrected chi connectivity index (χ4v) is 4.11. The first-order valence-electron chi connectivity index (χ1n) is 10.9. The third-order valence-corrected chi connectivity index (χ3v) is 5.86. The average Bonchev–Trinajstić information content (AvgIpc) is 2.71. The molecule has 0 unspecified atom stereocenters. The van der Waals surface area contributed by atoms with Crippen LogP contribution in [0.25, 0.3) is 0 Å². The number of anilines is 2. The van der Waals surface area contributed by atoms with Gasteiger partial charge in [-0.1, -0.05) is 25.3 Å². The van der Waals surface area contributed by atoms with E-state index in [1.165, 1.54) is 26.2 Å². The number of rotatable bonds is 4. The molecular formula is C22H33N5O3. The maximum absolute atomic E-state index is 12.6. The number of likely N-dealkylation sites (tertiary alicyclic amines) is 1. The molecule has 30 heavy (non-hydrogen) atoms. The van der Waals surface area contributed by atoms with Crippen molar-refractivity contribution in [2.24, 2.45) is 0 Å². The number of hydrogen-bond acceptors (Lipinski definition) is 3. The summed E-state index contributed by atoms with van der Waals surface area (Å²) in [6, 6.07) is 5.57. The minimum atomic E-state index is -0.169. The summed E-state index contributed by atoms with van der Waals surface area (Å²) in [6.45, 7) is 4.53. The maximum Gasteiger partial charge on any atom is 0.321 e. The zero-order valence-corrected chi connectivity index (χ0v) is 17.9. The van der Waals surface area contributed by atoms with Gasteiger partial charge in [0.15, 0.2) is 0 Å². The maximum atomic E-state index is 12.6. The third kappa shape index (κ3) is 6.37. The number of urea groups is 2. The van der Waals surface area contributed by atoms with Crippen molar-refractivity contribution in [2.45, 2.75) is 70.9 Å². The summed E-state index contributed by atoms with van der Waals surface area (Å²) < 4.78 is 0. The van der Waals surface area contributed by atoms with Crippen molar-refractivity contribution < 1.29 is 14.4 Å². The van der Waals surface area contributed by atoms with E-state index in [0.29, 0.717) is 30.5 Å². The largest absolute Gasteiger partial charge is 0.335 e. The number of nitrogens with zero attached hydrogens (tertiary/aromatic N) is 1. The fourth-order valence-electron chi connectivity index (χ4n) is 4.11. The SMILES string of the molecule is CC(=O)Nc1cc(NC(=O)N2CCC(NC(=O)NC3CCCCC3)CC2)ccc1C. The molecule has 1 saturated heterocycles. The zero-order chi connectivity index (χ0) is 21.5. The molecule has 0 atom stereocenters. The van der Waals surface area contributed by atoms with Crippen LogP contribution in [0.1, 0.15) is 57.4 Å². The lowest BCUT2D eigenvalue weighted by Gasteiger charge is -2.33. The van der Waals surface area contributed by atoms with Crippen molar-refractivity contribution >= 4 is 29.3 Å². The van der Waals surface area contributed by atoms with Crippen molar-refractivity contribution in [1.29, 1.82) is 0 Å². The molecule has 8 heteroatoms. The van der Waals surface area contributed by atoms with E-state index in [2.05, 4.69) is 21.3 Å². The van der Waals surface area contributed by atoms with Gasteiger partial charge in [0.1, 0.15) is 0 Å². The Morgan fingerprint density at radius 3 is 2.17 bits per heavy atom. The Balaban J connectivity index is 1.43. The van der Waals surface area contributed by atoms with Crippen molar-refractivity contribution in [3.63, 3.8) is 0 Å². The molecule has 1 heterocycles. The summed E-state index contributed by atoms with van der Waals surface area (Å²) in [6.07, 6.45) is 7.23. The number of amides is 5. The quantitative estimate of drug-likeness (QED) is 0.604. The van der Waals surface area contributed by atoms with Gasteiger partial charge in [-0.15, -0.1) is 0 Å². The molecule has 0 aromatic heterocycles. The summed E-state index contributed by atoms with van der Waals surface area (Å²) >= 11 is 0. The Hall–Kier alpha value is -2.77. The molecule has 2 aliphatic rings. The van der Waals surface area contributed by atoms with Gasteiger partial charge in [-0.3, -0.25) is 4.79 Å². The number of hydrogen-bond donors (Lipinski definition) is 4. The van der Waals surface area contributed by atoms with E-state index in [1.54, 1.807) is 11.0 Å². The van der Waals surface area contributed by atoms with Crippen molar-refractivity contribution in [3.8, 4) is 0 Å². The van der Waals surface area contributed by atoms with Gasteiger partial charge in [-0.05, 0) is 50.3 Å². The molecule has 2 fully saturated rings. The highest BCUT2D eigenvalue weighted by Crippen LogP contribution is 2.21. The standard InChI is InChI=1S/C22H33N5O3/c1-15-8-9-19(14-20(15)23-16(2)28)26-22(30)27-12-10-18(11-13-27)25-21(29)24-17-6-4-3-5-7-17/h8-9,14,17-18H,3-7,10-13H2,1-2H3,(H,23,28)(H,26,30)(H2,24,25,29). The highest BCUT2D eigenvalue weighted by atomic mass is 16.2. The number of nitrogens with one attached hydrogen (secondary N) is 4. The summed E-state index contributed by atoms with van der Waals surface area (Å²) in [4.78, 5) is 37.9. The van der Waals surface area contributed by atoms with Gasteiger partial charge in [0.25, 0.3) is 0 Å². The van der Waals surface area contributed by atoms with Crippen LogP contribution < -0.4 is 21.3 Å². The molecule has 1 aliphatic heterocycles. The van der Waals surface area contributed by atoms with E-state index in [9.17, 15) is 14.4 Å². The average molecular weight is 416 g/mol. The molecule has 1 aromatic rings. The molecule has 0 bridgehead atoms. The molecule has 164 valence electrons. The van der Waals surface area contributed by atoms with Crippen LogP contribution >= 0.6 is 0 Å². The number of carbonyl (C=O) groups is 3. The first kappa shape index (κ1) is 21.9. The number of benzene rings is 1. The first-order valence-corrected chi connectivity index (χ1v) is 10.9. The second-order valence-corrected chi connectivity index (χ2v) is 8.36. The van der Waals surface area contributed by atoms with Gasteiger partial charge in [-0.2, -0.15) is 0 Å². The molecule has 1 aliphatic carbocycles. The monoisotopic (exact) mass is 415 g/mol. The highest BCUT2D eigenvalue weighted by Gasteiger charge is 2.25. The van der Waals surface area contributed by atoms with E-state index >= 15 is 0 Å². The molecule has 4 N–H and O–H groups in total. The van der Waals surface area contributed by atoms with Crippen molar-refractivity contribution in [3.05, 3.63) is 23.8 Å². The van der Waals surface area contributed by atoms with E-state index < -0.39 is 0 Å². The van der Waals surface area contributed by atoms with E-state index in [4.69, 9.17) is 0 Å². The van der Waals surface area contributed by atoms with Crippen LogP contribution in [0.4, 0.5) is 21.0 Å². The molecule has 0 spiro atoms. The summed E-state index contributed by atoms with van der Waals surface area (Å²) in [5.41, 5.74) is 2.26. The lowest BCUT2D eigenvalue weighted by molar-refractivity contribution is -0.114. The highest BCUT2D eigenvalue weighted by molar-refractivity contribution is 5.93. The summed E-state index contributed by atoms with van der Waals surface area (Å²) in [5.74, 6) is -0.149. The minimum absolute atomic E-state index is 0.0865. The molecular weight excluding hydrogens is 382 g/mol. The van der Waals surface area contributed by atoms with Crippen molar-refractivity contribution in [1.82, 2.24) is 15.5 Å². The second kappa shape index (κ2) is 10.3. The Kier molecular flexibility index (Phi) is 7.54. The topological polar surface area (TPSA) is 103 Å². The third-order valence-electron chi connectivity index (χ3n) is 5.86. The van der Waals surface area contributed by atoms with Crippen LogP contribution in [0.5, 0.6) is 0 Å². The van der Waals surface area contributed by atoms with E-state index in [-0.39, 0.29) is 24.0 Å². The van der Waals surface area contributed by atoms with E-state index in [1.807, 2.05) is 19.1 Å². The smallest absolute Gasteiger partial charge is 0.321 e. The van der Waals surface area contributed by atoms with Crippen LogP contribution in [0.3, 0.4) is 0 Å². The van der Waals surface area contributed by atoms with Crippen LogP contribution in [-0.4, -0.2) is 48.0 Å². The molecule has 8 nitrogen and oxygen atoms in total. The predicted molar refractivity (Wildman–Crippen MR) is 118 cm³/mol. The van der Waals surface area contributed by atoms with Gasteiger partial charge in [0.2, 0.25) is 5.91 Å². The van der Waals surface area contributed by atoms with Gasteiger partial charge >= 0.3 is 12.1 Å². The van der Waals surface area contributed by atoms with Gasteiger partial charge < -0.3 is 26.2 Å². The molecule has 1 saturated carbocycles. The van der Waals surface area contributed by atoms with Crippen LogP contribution in [0.15, 0.2) is 18.2 Å². The summed E-state index contributed by atoms with van der Waals surface area (Å²) in [7, 11) is 0. The molecule has 1 aromatic carbocycles. The van der Waals surface area contributed by atoms with Gasteiger partial charge in [0, 0.05) is 43.5 Å². The Morgan fingerprint density at radius 1 is 0.900 bits per heavy atom. The Bertz CT molecular complexity index is 768. The number of piperidine rings is 1. The molecule has 3 rings (SSSR count). The normalized spacial score (nSPS) is 17.9. The lowest BCUT2D eigenvalue weighted by Crippen LogP contribution is -2.51. The van der Waals surface area contributed by atoms with Crippen LogP contribution in [0.2, 0.25) is 0 Å². The number of carbonyl (C=O) groups excluding carboxylic acids is 3. The van der Waals surface area contributed by atoms with Gasteiger partial charge in [0.05, 0.1) is 0 Å². The molecule has 0 radical (unpaired) electrons. The van der Waals surface area contributed by atoms with Crippen LogP contribution in [0, 0.1) is 6.92 Å². The number of aryl methyl sites for hydroxylation is 1.